The van der Waals surface area contributed by atoms with Gasteiger partial charge in [0.15, 0.2) is 6.19 Å². The molecule has 3 unspecified atom stereocenters. The molecule has 1 aliphatic carbocycles. The van der Waals surface area contributed by atoms with Gasteiger partial charge >= 0.3 is 0 Å². The van der Waals surface area contributed by atoms with Crippen molar-refractivity contribution in [1.29, 1.82) is 5.26 Å². The van der Waals surface area contributed by atoms with Gasteiger partial charge in [-0.15, -0.1) is 0 Å². The van der Waals surface area contributed by atoms with E-state index in [1.807, 2.05) is 25.7 Å². The zero-order valence-electron chi connectivity index (χ0n) is 10.2. The van der Waals surface area contributed by atoms with E-state index in [-0.39, 0.29) is 18.8 Å². The van der Waals surface area contributed by atoms with Crippen molar-refractivity contribution < 1.29 is 6.22 Å². The number of fused-ring (bicyclic) bond motifs is 1. The number of nitriles is 1. The molecule has 2 aliphatic rings. The number of carbonyl (C=O) groups excluding carboxylic acids is 1. The van der Waals surface area contributed by atoms with E-state index in [2.05, 4.69) is 11.5 Å². The van der Waals surface area contributed by atoms with E-state index >= 15 is 0 Å². The molecule has 1 amide bonds. The average molecular weight is 223 g/mol. The molecule has 1 saturated carbocycles. The fourth-order valence-corrected chi connectivity index (χ4v) is 2.50. The molecule has 3 atom stereocenters. The van der Waals surface area contributed by atoms with Gasteiger partial charge in [-0.2, -0.15) is 5.26 Å². The first kappa shape index (κ1) is 11.3. The van der Waals surface area contributed by atoms with Crippen LogP contribution in [0.3, 0.4) is 0 Å². The van der Waals surface area contributed by atoms with Crippen molar-refractivity contribution in [3.8, 4) is 6.19 Å². The van der Waals surface area contributed by atoms with Crippen molar-refractivity contribution in [3.63, 3.8) is 0 Å². The third-order valence-corrected chi connectivity index (χ3v) is 3.73. The van der Waals surface area contributed by atoms with E-state index in [0.717, 1.165) is 12.8 Å². The monoisotopic (exact) mass is 223 g/mol. The Bertz CT molecular complexity index is 345. The lowest BCUT2D eigenvalue weighted by Crippen LogP contribution is -2.48. The number of hydrogen-bond donors (Lipinski definition) is 1. The summed E-state index contributed by atoms with van der Waals surface area (Å²) in [5.74, 6) is 0.578. The highest BCUT2D eigenvalue weighted by molar-refractivity contribution is 5.81. The number of nitrogens with one attached hydrogen (secondary N) is 1. The highest BCUT2D eigenvalue weighted by Crippen LogP contribution is 2.40. The number of rotatable bonds is 1. The Labute approximate surface area is 98.1 Å². The molecule has 4 heteroatoms. The number of likely N-dealkylation sites (tertiary alicyclic amines) is 1. The summed E-state index contributed by atoms with van der Waals surface area (Å²) in [6.45, 7) is 6.43. The van der Waals surface area contributed by atoms with Gasteiger partial charge in [-0.3, -0.25) is 4.79 Å². The molecule has 0 bridgehead atoms. The summed E-state index contributed by atoms with van der Waals surface area (Å²) in [6, 6.07) is 0.556. The van der Waals surface area contributed by atoms with Gasteiger partial charge in [-0.05, 0) is 12.8 Å². The lowest BCUT2D eigenvalue weighted by molar-refractivity contribution is -0.129. The van der Waals surface area contributed by atoms with Gasteiger partial charge in [0, 0.05) is 25.3 Å². The summed E-state index contributed by atoms with van der Waals surface area (Å²) in [6.07, 6.45) is 4.45. The molecule has 0 spiro atoms. The van der Waals surface area contributed by atoms with Crippen molar-refractivity contribution in [3.05, 3.63) is 0 Å². The van der Waals surface area contributed by atoms with Crippen LogP contribution in [0.2, 0.25) is 0 Å². The fourth-order valence-electron chi connectivity index (χ4n) is 2.50. The topological polar surface area (TPSA) is 56.1 Å². The lowest BCUT2D eigenvalue weighted by Gasteiger charge is -2.35. The molecule has 2 fully saturated rings. The van der Waals surface area contributed by atoms with Crippen LogP contribution in [-0.4, -0.2) is 29.4 Å². The molecule has 16 heavy (non-hydrogen) atoms. The first-order chi connectivity index (χ1) is 7.43. The highest BCUT2D eigenvalue weighted by Gasteiger charge is 2.48. The summed E-state index contributed by atoms with van der Waals surface area (Å²) < 4.78 is 0. The minimum atomic E-state index is -0.348. The van der Waals surface area contributed by atoms with Crippen LogP contribution < -0.4 is 5.32 Å². The molecule has 0 aromatic rings. The molecule has 1 aliphatic heterocycles. The van der Waals surface area contributed by atoms with Gasteiger partial charge in [-0.1, -0.05) is 20.8 Å². The van der Waals surface area contributed by atoms with E-state index in [1.165, 1.54) is 0 Å². The maximum atomic E-state index is 11.9. The van der Waals surface area contributed by atoms with E-state index in [1.54, 1.807) is 0 Å². The Morgan fingerprint density at radius 1 is 1.50 bits per heavy atom. The molecule has 1 heterocycles. The van der Waals surface area contributed by atoms with Gasteiger partial charge in [0.2, 0.25) is 5.91 Å². The number of hydrogen-bond acceptors (Lipinski definition) is 3. The van der Waals surface area contributed by atoms with E-state index in [9.17, 15) is 4.79 Å². The summed E-state index contributed by atoms with van der Waals surface area (Å²) in [7, 11) is 0. The predicted molar refractivity (Wildman–Crippen MR) is 62.3 cm³/mol. The van der Waals surface area contributed by atoms with Crippen LogP contribution in [0.15, 0.2) is 0 Å². The Morgan fingerprint density at radius 2 is 2.19 bits per heavy atom. The van der Waals surface area contributed by atoms with Crippen LogP contribution in [-0.2, 0) is 4.79 Å². The van der Waals surface area contributed by atoms with E-state index < -0.39 is 0 Å². The molecular formula is C12H21N3O. The highest BCUT2D eigenvalue weighted by atomic mass is 16.2. The zero-order valence-corrected chi connectivity index (χ0v) is 10.2. The van der Waals surface area contributed by atoms with Crippen molar-refractivity contribution in [2.24, 2.45) is 11.3 Å². The van der Waals surface area contributed by atoms with Gasteiger partial charge in [-0.25, -0.2) is 0 Å². The molecule has 90 valence electrons. The Balaban J connectivity index is 0.00000144. The minimum Gasteiger partial charge on any atom is -0.351 e. The Hall–Kier alpha value is -1.24. The van der Waals surface area contributed by atoms with Crippen molar-refractivity contribution in [1.82, 2.24) is 10.2 Å². The Kier molecular flexibility index (Phi) is 2.57. The minimum absolute atomic E-state index is 0. The molecule has 1 saturated heterocycles. The van der Waals surface area contributed by atoms with Crippen LogP contribution in [0.4, 0.5) is 0 Å². The van der Waals surface area contributed by atoms with Crippen LogP contribution in [0.5, 0.6) is 0 Å². The zero-order chi connectivity index (χ0) is 11.9. The summed E-state index contributed by atoms with van der Waals surface area (Å²) in [5, 5.41) is 12.0. The molecule has 0 aromatic carbocycles. The van der Waals surface area contributed by atoms with Crippen molar-refractivity contribution in [2.75, 3.05) is 6.54 Å². The SMILES string of the molecule is CC(C)(C)C(=O)NC1CN(C#N)C2CCC12.[HH]. The number of nitrogens with zero attached hydrogens (tertiary/aromatic N) is 2. The molecule has 0 aromatic heterocycles. The van der Waals surface area contributed by atoms with E-state index in [4.69, 9.17) is 5.26 Å². The summed E-state index contributed by atoms with van der Waals surface area (Å²) >= 11 is 0. The molecule has 4 nitrogen and oxygen atoms in total. The molecular weight excluding hydrogens is 202 g/mol. The van der Waals surface area contributed by atoms with Gasteiger partial charge < -0.3 is 10.2 Å². The molecule has 0 radical (unpaired) electrons. The number of carbonyl (C=O) groups is 1. The molecule has 1 N–H and O–H groups in total. The lowest BCUT2D eigenvalue weighted by atomic mass is 9.77. The fraction of sp³-hybridized carbons (Fsp3) is 0.833. The second-order valence-corrected chi connectivity index (χ2v) is 5.89. The van der Waals surface area contributed by atoms with Gasteiger partial charge in [0.05, 0.1) is 6.04 Å². The van der Waals surface area contributed by atoms with Crippen LogP contribution in [0.1, 0.15) is 35.0 Å². The van der Waals surface area contributed by atoms with Crippen LogP contribution >= 0.6 is 0 Å². The normalized spacial score (nSPS) is 32.6. The van der Waals surface area contributed by atoms with Crippen molar-refractivity contribution >= 4 is 5.91 Å². The first-order valence-corrected chi connectivity index (χ1v) is 5.91. The second-order valence-electron chi connectivity index (χ2n) is 5.89. The third-order valence-electron chi connectivity index (χ3n) is 3.73. The maximum Gasteiger partial charge on any atom is 0.225 e. The number of amides is 1. The van der Waals surface area contributed by atoms with Crippen molar-refractivity contribution in [2.45, 2.75) is 45.7 Å². The maximum absolute atomic E-state index is 11.9. The largest absolute Gasteiger partial charge is 0.351 e. The van der Waals surface area contributed by atoms with Gasteiger partial charge in [0.1, 0.15) is 0 Å². The quantitative estimate of drug-likeness (QED) is 0.682. The second kappa shape index (κ2) is 3.65. The van der Waals surface area contributed by atoms with Crippen LogP contribution in [0, 0.1) is 22.8 Å². The van der Waals surface area contributed by atoms with Crippen LogP contribution in [0.25, 0.3) is 0 Å². The average Bonchev–Trinajstić information content (AvgIpc) is 2.34. The third kappa shape index (κ3) is 1.75. The summed E-state index contributed by atoms with van der Waals surface area (Å²) in [5.41, 5.74) is -0.348. The standard InChI is InChI=1S/C12H19N3O.H2/c1-12(2,3)11(16)14-9-6-15(7-13)10-5-4-8(9)10;/h8-10H,4-6H2,1-3H3,(H,14,16);1H. The van der Waals surface area contributed by atoms with E-state index in [0.29, 0.717) is 18.5 Å². The smallest absolute Gasteiger partial charge is 0.225 e. The Morgan fingerprint density at radius 3 is 2.56 bits per heavy atom. The van der Waals surface area contributed by atoms with Gasteiger partial charge in [0.25, 0.3) is 0 Å². The first-order valence-electron chi connectivity index (χ1n) is 5.91. The molecule has 2 rings (SSSR count). The predicted octanol–water partition coefficient (Wildman–Crippen LogP) is 1.34. The summed E-state index contributed by atoms with van der Waals surface area (Å²) in [4.78, 5) is 13.7.